The van der Waals surface area contributed by atoms with Crippen molar-refractivity contribution in [2.45, 2.75) is 22.6 Å². The molecule has 29 heteroatoms. The van der Waals surface area contributed by atoms with Crippen LogP contribution in [0.5, 0.6) is 0 Å². The van der Waals surface area contributed by atoms with E-state index in [0.717, 1.165) is 0 Å². The summed E-state index contributed by atoms with van der Waals surface area (Å²) in [5, 5.41) is 93.6. The number of carbonyl (C=O) groups is 9. The van der Waals surface area contributed by atoms with Gasteiger partial charge in [-0.3, -0.25) is 40.1 Å². The molecule has 3 fully saturated rings. The summed E-state index contributed by atoms with van der Waals surface area (Å²) in [5.74, 6) is -3.40. The van der Waals surface area contributed by atoms with Crippen LogP contribution < -0.4 is 53.2 Å². The molecule has 0 bridgehead atoms. The molecule has 0 aromatic heterocycles. The van der Waals surface area contributed by atoms with E-state index >= 15 is 0 Å². The van der Waals surface area contributed by atoms with E-state index in [9.17, 15) is 68.7 Å². The number of imide groups is 3. The van der Waals surface area contributed by atoms with Crippen LogP contribution >= 0.6 is 0 Å². The molecule has 3 unspecified atom stereocenters. The number of hydrogen-bond donors (Lipinski definition) is 18. The van der Waals surface area contributed by atoms with Gasteiger partial charge in [0.2, 0.25) is 17.0 Å². The van der Waals surface area contributed by atoms with Gasteiger partial charge in [-0.2, -0.15) is 0 Å². The Bertz CT molecular complexity index is 1400. The maximum atomic E-state index is 12.1. The summed E-state index contributed by atoms with van der Waals surface area (Å²) in [6.07, 6.45) is 0. The average Bonchev–Trinajstić information content (AvgIpc) is 3.62. The minimum Gasteiger partial charge on any atom is -0.393 e. The van der Waals surface area contributed by atoms with Crippen molar-refractivity contribution in [3.63, 3.8) is 0 Å². The molecule has 15 amide bonds. The van der Waals surface area contributed by atoms with E-state index in [1.807, 2.05) is 42.5 Å². The number of aliphatic hydroxyl groups excluding tert-OH is 7. The van der Waals surface area contributed by atoms with Crippen LogP contribution in [-0.2, 0) is 14.4 Å². The van der Waals surface area contributed by atoms with Gasteiger partial charge < -0.3 is 78.1 Å². The van der Waals surface area contributed by atoms with Gasteiger partial charge in [0.1, 0.15) is 20.2 Å². The molecule has 29 nitrogen and oxygen atoms in total. The second-order valence-corrected chi connectivity index (χ2v) is 9.93. The maximum Gasteiger partial charge on any atom is 0.328 e. The fourth-order valence-electron chi connectivity index (χ4n) is 4.42. The van der Waals surface area contributed by atoms with Crippen molar-refractivity contribution < 1.29 is 84.0 Å². The summed E-state index contributed by atoms with van der Waals surface area (Å²) in [4.78, 5) is 106. The standard InChI is InChI=1S/C13H20N8O10.C8H14N4O7/c22-1-11(31,2-23)13(6(26)17-10(30)21-13)20-8(28)15-4-14-7(27)18-12(3-24)5(25)16-9(29)19-12;13-1-8(11(3-15)6(18)9-2-14)5(17)10-7(19)12(8)4-16/h22-24,31H,1-4H2,(H2,14,18,27)(H2,15,20,28)(H2,16,19,25,29)(H2,17,21,26,30);13-16H,1-4H2,(H,9,18)(H,10,17,19). The van der Waals surface area contributed by atoms with Crippen molar-refractivity contribution in [3.05, 3.63) is 0 Å². The minimum absolute atomic E-state index is 0.402. The largest absolute Gasteiger partial charge is 0.393 e. The summed E-state index contributed by atoms with van der Waals surface area (Å²) in [6, 6.07) is -6.59. The second-order valence-electron chi connectivity index (χ2n) is 9.93. The van der Waals surface area contributed by atoms with Crippen LogP contribution in [0, 0.1) is 0 Å². The fourth-order valence-corrected chi connectivity index (χ4v) is 4.42. The molecule has 18 N–H and O–H groups in total. The topological polar surface area (TPSA) is 442 Å². The lowest BCUT2D eigenvalue weighted by Gasteiger charge is -2.40. The molecule has 0 spiro atoms. The van der Waals surface area contributed by atoms with E-state index in [1.54, 1.807) is 10.6 Å². The van der Waals surface area contributed by atoms with Crippen molar-refractivity contribution in [2.75, 3.05) is 53.3 Å². The number of urea groups is 6. The molecule has 0 saturated carbocycles. The van der Waals surface area contributed by atoms with Gasteiger partial charge in [0.05, 0.1) is 33.1 Å². The Kier molecular flexibility index (Phi) is 13.1. The lowest BCUT2D eigenvalue weighted by molar-refractivity contribution is -0.151. The smallest absolute Gasteiger partial charge is 0.328 e. The predicted molar refractivity (Wildman–Crippen MR) is 150 cm³/mol. The van der Waals surface area contributed by atoms with E-state index in [0.29, 0.717) is 9.80 Å². The molecule has 0 aromatic carbocycles. The van der Waals surface area contributed by atoms with Crippen molar-refractivity contribution >= 4 is 53.9 Å². The first-order chi connectivity index (χ1) is 23.5. The SMILES string of the molecule is O=C(NCNC(=O)NC1(C(O)(CO)CO)NC(=O)NC1=O)NC1(CO)NC(=O)NC1=O.O=C(NCO)N(CO)C1(CO)C(=O)NC(=O)N1CO. The van der Waals surface area contributed by atoms with Crippen LogP contribution in [0.1, 0.15) is 0 Å². The zero-order chi connectivity index (χ0) is 38.1. The number of carbonyl (C=O) groups excluding carboxylic acids is 9. The zero-order valence-electron chi connectivity index (χ0n) is 25.3. The van der Waals surface area contributed by atoms with E-state index in [1.165, 1.54) is 0 Å². The van der Waals surface area contributed by atoms with E-state index in [-0.39, 0.29) is 0 Å². The number of aliphatic hydroxyl groups is 8. The van der Waals surface area contributed by atoms with Gasteiger partial charge >= 0.3 is 36.2 Å². The Labute approximate surface area is 277 Å². The van der Waals surface area contributed by atoms with E-state index in [4.69, 9.17) is 15.3 Å². The Morgan fingerprint density at radius 2 is 1.28 bits per heavy atom. The van der Waals surface area contributed by atoms with E-state index in [2.05, 4.69) is 0 Å². The lowest BCUT2D eigenvalue weighted by atomic mass is 9.88. The van der Waals surface area contributed by atoms with Crippen LogP contribution in [0.15, 0.2) is 0 Å². The molecular formula is C21H34N12O17. The molecule has 0 aliphatic carbocycles. The van der Waals surface area contributed by atoms with E-state index < -0.39 is 130 Å². The molecule has 280 valence electrons. The molecule has 0 aromatic rings. The Hall–Kier alpha value is -5.69. The van der Waals surface area contributed by atoms with Crippen molar-refractivity contribution in [3.8, 4) is 0 Å². The first kappa shape index (κ1) is 40.5. The maximum absolute atomic E-state index is 12.1. The molecule has 3 heterocycles. The molecule has 0 radical (unpaired) electrons. The Morgan fingerprint density at radius 1 is 0.720 bits per heavy atom. The van der Waals surface area contributed by atoms with Crippen LogP contribution in [-0.4, -0.2) is 180 Å². The molecule has 3 aliphatic rings. The second kappa shape index (κ2) is 16.1. The molecule has 3 rings (SSSR count). The van der Waals surface area contributed by atoms with Gasteiger partial charge in [-0.1, -0.05) is 0 Å². The molecular weight excluding hydrogens is 692 g/mol. The first-order valence-electron chi connectivity index (χ1n) is 13.5. The highest BCUT2D eigenvalue weighted by Crippen LogP contribution is 2.26. The van der Waals surface area contributed by atoms with Gasteiger partial charge in [-0.25, -0.2) is 28.8 Å². The normalized spacial score (nSPS) is 24.1. The number of hydrogen-bond acceptors (Lipinski definition) is 17. The van der Waals surface area contributed by atoms with Crippen molar-refractivity contribution in [1.82, 2.24) is 63.0 Å². The number of rotatable bonds is 13. The van der Waals surface area contributed by atoms with Crippen molar-refractivity contribution in [1.29, 1.82) is 0 Å². The summed E-state index contributed by atoms with van der Waals surface area (Å²) < 4.78 is 0. The minimum atomic E-state index is -2.70. The van der Waals surface area contributed by atoms with Crippen LogP contribution in [0.3, 0.4) is 0 Å². The highest BCUT2D eigenvalue weighted by Gasteiger charge is 2.62. The zero-order valence-corrected chi connectivity index (χ0v) is 25.3. The number of nitrogens with one attached hydrogen (secondary N) is 10. The summed E-state index contributed by atoms with van der Waals surface area (Å²) in [7, 11) is 0. The first-order valence-corrected chi connectivity index (χ1v) is 13.5. The number of nitrogens with zero attached hydrogens (tertiary/aromatic N) is 2. The highest BCUT2D eigenvalue weighted by atomic mass is 16.4. The van der Waals surface area contributed by atoms with Crippen LogP contribution in [0.2, 0.25) is 0 Å². The summed E-state index contributed by atoms with van der Waals surface area (Å²) >= 11 is 0. The quantitative estimate of drug-likeness (QED) is 0.0618. The molecule has 50 heavy (non-hydrogen) atoms. The molecule has 3 atom stereocenters. The Balaban J connectivity index is 0.000000391. The molecule has 3 aliphatic heterocycles. The van der Waals surface area contributed by atoms with Crippen LogP contribution in [0.4, 0.5) is 28.8 Å². The summed E-state index contributed by atoms with van der Waals surface area (Å²) in [5.41, 5.74) is -9.75. The average molecular weight is 727 g/mol. The number of amides is 15. The highest BCUT2D eigenvalue weighted by molar-refractivity contribution is 6.10. The molecule has 3 saturated heterocycles. The third-order valence-corrected chi connectivity index (χ3v) is 7.10. The monoisotopic (exact) mass is 726 g/mol. The van der Waals surface area contributed by atoms with Crippen LogP contribution in [0.25, 0.3) is 0 Å². The Morgan fingerprint density at radius 3 is 1.70 bits per heavy atom. The third kappa shape index (κ3) is 7.47. The van der Waals surface area contributed by atoms with Gasteiger partial charge in [-0.05, 0) is 0 Å². The summed E-state index contributed by atoms with van der Waals surface area (Å²) in [6.45, 7) is -7.97. The van der Waals surface area contributed by atoms with Gasteiger partial charge in [0, 0.05) is 0 Å². The lowest BCUT2D eigenvalue weighted by Crippen LogP contribution is -2.77. The third-order valence-electron chi connectivity index (χ3n) is 7.10. The van der Waals surface area contributed by atoms with Crippen molar-refractivity contribution in [2.24, 2.45) is 0 Å². The van der Waals surface area contributed by atoms with Gasteiger partial charge in [0.15, 0.2) is 5.60 Å². The van der Waals surface area contributed by atoms with Gasteiger partial charge in [-0.15, -0.1) is 0 Å². The fraction of sp³-hybridized carbons (Fsp3) is 0.571. The van der Waals surface area contributed by atoms with Gasteiger partial charge in [0.25, 0.3) is 17.7 Å². The predicted octanol–water partition coefficient (Wildman–Crippen LogP) is -10.6.